The van der Waals surface area contributed by atoms with Crippen LogP contribution in [0.15, 0.2) is 18.3 Å². The average molecular weight is 316 g/mol. The highest BCUT2D eigenvalue weighted by molar-refractivity contribution is 5.94. The lowest BCUT2D eigenvalue weighted by Gasteiger charge is -2.23. The first-order chi connectivity index (χ1) is 11.1. The first-order valence-electron chi connectivity index (χ1n) is 8.61. The van der Waals surface area contributed by atoms with E-state index in [1.54, 1.807) is 6.20 Å². The van der Waals surface area contributed by atoms with Crippen molar-refractivity contribution >= 4 is 5.91 Å². The van der Waals surface area contributed by atoms with E-state index in [0.29, 0.717) is 18.7 Å². The summed E-state index contributed by atoms with van der Waals surface area (Å²) in [4.78, 5) is 18.7. The Hall–Kier alpha value is -1.46. The maximum Gasteiger partial charge on any atom is 0.255 e. The van der Waals surface area contributed by atoms with Gasteiger partial charge in [-0.15, -0.1) is 0 Å². The van der Waals surface area contributed by atoms with Crippen LogP contribution in [0.3, 0.4) is 0 Å². The zero-order chi connectivity index (χ0) is 15.9. The molecule has 1 aromatic heterocycles. The summed E-state index contributed by atoms with van der Waals surface area (Å²) in [7, 11) is 0. The van der Waals surface area contributed by atoms with Gasteiger partial charge in [0.05, 0.1) is 30.4 Å². The molecule has 3 heterocycles. The number of ether oxygens (including phenoxy) is 2. The van der Waals surface area contributed by atoms with Gasteiger partial charge in [0.2, 0.25) is 0 Å². The molecule has 0 radical (unpaired) electrons. The molecule has 2 aliphatic heterocycles. The zero-order valence-electron chi connectivity index (χ0n) is 13.7. The van der Waals surface area contributed by atoms with Crippen LogP contribution in [0.5, 0.6) is 0 Å². The maximum absolute atomic E-state index is 12.6. The van der Waals surface area contributed by atoms with E-state index in [9.17, 15) is 4.79 Å². The largest absolute Gasteiger partial charge is 0.375 e. The van der Waals surface area contributed by atoms with Gasteiger partial charge in [0, 0.05) is 31.5 Å². The molecule has 1 aliphatic carbocycles. The number of hydrogen-bond donors (Lipinski definition) is 0. The molecule has 1 amide bonds. The van der Waals surface area contributed by atoms with Gasteiger partial charge < -0.3 is 14.4 Å². The Morgan fingerprint density at radius 1 is 1.48 bits per heavy atom. The normalized spacial score (nSPS) is 30.3. The van der Waals surface area contributed by atoms with Gasteiger partial charge in [0.25, 0.3) is 5.91 Å². The minimum Gasteiger partial charge on any atom is -0.375 e. The lowest BCUT2D eigenvalue weighted by atomic mass is 9.98. The number of aryl methyl sites for hydroxylation is 1. The molecule has 0 bridgehead atoms. The number of pyridine rings is 1. The molecule has 0 unspecified atom stereocenters. The van der Waals surface area contributed by atoms with Crippen molar-refractivity contribution < 1.29 is 14.3 Å². The van der Waals surface area contributed by atoms with E-state index >= 15 is 0 Å². The Morgan fingerprint density at radius 3 is 3.09 bits per heavy atom. The molecule has 4 rings (SSSR count). The van der Waals surface area contributed by atoms with Crippen molar-refractivity contribution in [3.63, 3.8) is 0 Å². The standard InChI is InChI=1S/C18H24N2O3/c1-13-2-5-15(9-19-13)17(21)20-7-6-18(12-20)8-16(11-23-18)22-10-14-3-4-14/h2,5,9,14,16H,3-4,6-8,10-12H2,1H3/t16-,18+/m0/s1. The molecule has 1 spiro atoms. The van der Waals surface area contributed by atoms with Crippen LogP contribution < -0.4 is 0 Å². The van der Waals surface area contributed by atoms with Crippen molar-refractivity contribution in [2.75, 3.05) is 26.3 Å². The molecular formula is C18H24N2O3. The number of likely N-dealkylation sites (tertiary alicyclic amines) is 1. The fourth-order valence-electron chi connectivity index (χ4n) is 3.55. The molecular weight excluding hydrogens is 292 g/mol. The van der Waals surface area contributed by atoms with Crippen LogP contribution in [0.2, 0.25) is 0 Å². The van der Waals surface area contributed by atoms with Crippen LogP contribution >= 0.6 is 0 Å². The van der Waals surface area contributed by atoms with Crippen LogP contribution in [-0.2, 0) is 9.47 Å². The van der Waals surface area contributed by atoms with Crippen molar-refractivity contribution in [1.82, 2.24) is 9.88 Å². The first-order valence-corrected chi connectivity index (χ1v) is 8.61. The summed E-state index contributed by atoms with van der Waals surface area (Å²) in [5, 5.41) is 0. The van der Waals surface area contributed by atoms with Gasteiger partial charge in [-0.3, -0.25) is 9.78 Å². The summed E-state index contributed by atoms with van der Waals surface area (Å²) in [6.45, 7) is 4.89. The Kier molecular flexibility index (Phi) is 3.85. The summed E-state index contributed by atoms with van der Waals surface area (Å²) >= 11 is 0. The molecule has 5 heteroatoms. The van der Waals surface area contributed by atoms with E-state index in [0.717, 1.165) is 37.6 Å². The monoisotopic (exact) mass is 316 g/mol. The van der Waals surface area contributed by atoms with Crippen molar-refractivity contribution in [3.8, 4) is 0 Å². The SMILES string of the molecule is Cc1ccc(C(=O)N2CC[C@@]3(C[C@H](OCC4CC4)CO3)C2)cn1. The van der Waals surface area contributed by atoms with Gasteiger partial charge >= 0.3 is 0 Å². The quantitative estimate of drug-likeness (QED) is 0.854. The number of amides is 1. The third kappa shape index (κ3) is 3.26. The van der Waals surface area contributed by atoms with E-state index in [-0.39, 0.29) is 17.6 Å². The van der Waals surface area contributed by atoms with Gasteiger partial charge in [0.1, 0.15) is 0 Å². The second kappa shape index (κ2) is 5.87. The lowest BCUT2D eigenvalue weighted by Crippen LogP contribution is -2.36. The van der Waals surface area contributed by atoms with Gasteiger partial charge in [0.15, 0.2) is 0 Å². The van der Waals surface area contributed by atoms with Crippen LogP contribution in [0.4, 0.5) is 0 Å². The van der Waals surface area contributed by atoms with Crippen LogP contribution in [0.1, 0.15) is 41.7 Å². The number of nitrogens with zero attached hydrogens (tertiary/aromatic N) is 2. The molecule has 2 saturated heterocycles. The smallest absolute Gasteiger partial charge is 0.255 e. The Morgan fingerprint density at radius 2 is 2.35 bits per heavy atom. The number of carbonyl (C=O) groups is 1. The van der Waals surface area contributed by atoms with Crippen LogP contribution in [0.25, 0.3) is 0 Å². The summed E-state index contributed by atoms with van der Waals surface area (Å²) < 4.78 is 12.0. The molecule has 5 nitrogen and oxygen atoms in total. The predicted molar refractivity (Wildman–Crippen MR) is 85.3 cm³/mol. The molecule has 0 aromatic carbocycles. The molecule has 3 fully saturated rings. The Balaban J connectivity index is 1.35. The second-order valence-corrected chi connectivity index (χ2v) is 7.26. The molecule has 3 aliphatic rings. The molecule has 1 aromatic rings. The number of hydrogen-bond acceptors (Lipinski definition) is 4. The highest BCUT2D eigenvalue weighted by Gasteiger charge is 2.47. The van der Waals surface area contributed by atoms with Crippen molar-refractivity contribution in [1.29, 1.82) is 0 Å². The summed E-state index contributed by atoms with van der Waals surface area (Å²) in [5.74, 6) is 0.836. The highest BCUT2D eigenvalue weighted by atomic mass is 16.6. The predicted octanol–water partition coefficient (Wildman–Crippen LogP) is 2.19. The van der Waals surface area contributed by atoms with Crippen molar-refractivity contribution in [2.45, 2.75) is 44.3 Å². The van der Waals surface area contributed by atoms with Gasteiger partial charge in [-0.2, -0.15) is 0 Å². The summed E-state index contributed by atoms with van der Waals surface area (Å²) in [6.07, 6.45) is 6.31. The second-order valence-electron chi connectivity index (χ2n) is 7.26. The van der Waals surface area contributed by atoms with Crippen LogP contribution in [0, 0.1) is 12.8 Å². The van der Waals surface area contributed by atoms with Gasteiger partial charge in [-0.1, -0.05) is 0 Å². The van der Waals surface area contributed by atoms with Crippen LogP contribution in [-0.4, -0.2) is 53.8 Å². The van der Waals surface area contributed by atoms with Gasteiger partial charge in [-0.05, 0) is 44.2 Å². The van der Waals surface area contributed by atoms with E-state index in [2.05, 4.69) is 4.98 Å². The Bertz CT molecular complexity index is 584. The fraction of sp³-hybridized carbons (Fsp3) is 0.667. The molecule has 23 heavy (non-hydrogen) atoms. The van der Waals surface area contributed by atoms with Crippen molar-refractivity contribution in [2.24, 2.45) is 5.92 Å². The highest BCUT2D eigenvalue weighted by Crippen LogP contribution is 2.38. The maximum atomic E-state index is 12.6. The summed E-state index contributed by atoms with van der Waals surface area (Å²) in [6, 6.07) is 3.74. The minimum absolute atomic E-state index is 0.0559. The third-order valence-corrected chi connectivity index (χ3v) is 5.20. The van der Waals surface area contributed by atoms with E-state index in [1.807, 2.05) is 24.0 Å². The van der Waals surface area contributed by atoms with E-state index in [4.69, 9.17) is 9.47 Å². The van der Waals surface area contributed by atoms with Crippen molar-refractivity contribution in [3.05, 3.63) is 29.6 Å². The molecule has 2 atom stereocenters. The Labute approximate surface area is 137 Å². The minimum atomic E-state index is -0.192. The third-order valence-electron chi connectivity index (χ3n) is 5.20. The first kappa shape index (κ1) is 15.1. The van der Waals surface area contributed by atoms with E-state index in [1.165, 1.54) is 12.8 Å². The fourth-order valence-corrected chi connectivity index (χ4v) is 3.55. The molecule has 124 valence electrons. The summed E-state index contributed by atoms with van der Waals surface area (Å²) in [5.41, 5.74) is 1.39. The number of rotatable bonds is 4. The number of aromatic nitrogens is 1. The molecule has 1 saturated carbocycles. The lowest BCUT2D eigenvalue weighted by molar-refractivity contribution is 0.00156. The number of carbonyl (C=O) groups excluding carboxylic acids is 1. The van der Waals surface area contributed by atoms with E-state index < -0.39 is 0 Å². The van der Waals surface area contributed by atoms with Gasteiger partial charge in [-0.25, -0.2) is 0 Å². The molecule has 0 N–H and O–H groups in total. The average Bonchev–Trinajstić information content (AvgIpc) is 3.18. The topological polar surface area (TPSA) is 51.7 Å². The zero-order valence-corrected chi connectivity index (χ0v) is 13.7.